The molecule has 1 amide bonds. The van der Waals surface area contributed by atoms with Gasteiger partial charge < -0.3 is 20.0 Å². The van der Waals surface area contributed by atoms with Crippen LogP contribution in [0.5, 0.6) is 0 Å². The van der Waals surface area contributed by atoms with Crippen molar-refractivity contribution in [2.45, 2.75) is 50.8 Å². The summed E-state index contributed by atoms with van der Waals surface area (Å²) in [6, 6.07) is 7.57. The first-order chi connectivity index (χ1) is 12.6. The van der Waals surface area contributed by atoms with E-state index in [1.165, 1.54) is 0 Å². The summed E-state index contributed by atoms with van der Waals surface area (Å²) in [5.41, 5.74) is 1.89. The zero-order valence-electron chi connectivity index (χ0n) is 14.7. The molecule has 2 aromatic heterocycles. The number of benzene rings is 1. The Labute approximate surface area is 151 Å². The molecule has 3 aromatic rings. The lowest BCUT2D eigenvalue weighted by Gasteiger charge is -2.22. The molecule has 3 N–H and O–H groups in total. The van der Waals surface area contributed by atoms with E-state index in [0.717, 1.165) is 35.5 Å². The van der Waals surface area contributed by atoms with Crippen molar-refractivity contribution >= 4 is 16.9 Å². The van der Waals surface area contributed by atoms with E-state index in [1.807, 2.05) is 42.0 Å². The van der Waals surface area contributed by atoms with E-state index in [9.17, 15) is 9.90 Å². The number of aliphatic hydroxyl groups is 1. The highest BCUT2D eigenvalue weighted by Crippen LogP contribution is 2.31. The first-order valence-electron chi connectivity index (χ1n) is 9.02. The fraction of sp³-hybridized carbons (Fsp3) is 0.421. The van der Waals surface area contributed by atoms with Crippen LogP contribution < -0.4 is 5.32 Å². The minimum atomic E-state index is -0.599. The van der Waals surface area contributed by atoms with Gasteiger partial charge in [-0.15, -0.1) is 0 Å². The van der Waals surface area contributed by atoms with E-state index in [0.29, 0.717) is 12.8 Å². The minimum Gasteiger partial charge on any atom is -0.389 e. The van der Waals surface area contributed by atoms with Crippen molar-refractivity contribution in [1.29, 1.82) is 0 Å². The van der Waals surface area contributed by atoms with Crippen molar-refractivity contribution in [3.63, 3.8) is 0 Å². The van der Waals surface area contributed by atoms with Gasteiger partial charge in [-0.2, -0.15) is 0 Å². The Morgan fingerprint density at radius 3 is 3.00 bits per heavy atom. The lowest BCUT2D eigenvalue weighted by Crippen LogP contribution is -2.42. The highest BCUT2D eigenvalue weighted by Gasteiger charge is 2.37. The quantitative estimate of drug-likeness (QED) is 0.652. The van der Waals surface area contributed by atoms with Crippen LogP contribution in [0.2, 0.25) is 0 Å². The van der Waals surface area contributed by atoms with Crippen LogP contribution in [0.15, 0.2) is 36.7 Å². The molecule has 0 bridgehead atoms. The van der Waals surface area contributed by atoms with E-state index in [1.54, 1.807) is 6.20 Å². The number of carbonyl (C=O) groups is 1. The van der Waals surface area contributed by atoms with Gasteiger partial charge in [0.1, 0.15) is 11.6 Å². The van der Waals surface area contributed by atoms with E-state index < -0.39 is 6.10 Å². The molecule has 0 unspecified atom stereocenters. The third-order valence-electron chi connectivity index (χ3n) is 5.17. The number of hydrogen-bond donors (Lipinski definition) is 3. The molecule has 1 fully saturated rings. The Morgan fingerprint density at radius 1 is 1.38 bits per heavy atom. The standard InChI is InChI=1S/C19H23N5O2/c1-12-20-10-11-24(12)16-7-6-15(19(16)26)23-18(25)9-8-17-21-13-4-2-3-5-14(13)22-17/h2-5,10-11,15-16,19,26H,6-9H2,1H3,(H,21,22)(H,23,25)/t15-,16-,19-/m1/s1. The second-order valence-electron chi connectivity index (χ2n) is 6.89. The Morgan fingerprint density at radius 2 is 2.23 bits per heavy atom. The molecule has 2 heterocycles. The summed E-state index contributed by atoms with van der Waals surface area (Å²) in [6.45, 7) is 1.92. The summed E-state index contributed by atoms with van der Waals surface area (Å²) in [5.74, 6) is 1.63. The van der Waals surface area contributed by atoms with Gasteiger partial charge in [-0.05, 0) is 31.9 Å². The number of aromatic nitrogens is 4. The largest absolute Gasteiger partial charge is 0.389 e. The highest BCUT2D eigenvalue weighted by molar-refractivity contribution is 5.77. The summed E-state index contributed by atoms with van der Waals surface area (Å²) >= 11 is 0. The molecule has 1 aliphatic rings. The molecule has 7 heteroatoms. The van der Waals surface area contributed by atoms with E-state index in [-0.39, 0.29) is 18.0 Å². The van der Waals surface area contributed by atoms with Crippen molar-refractivity contribution < 1.29 is 9.90 Å². The average molecular weight is 353 g/mol. The topological polar surface area (TPSA) is 95.8 Å². The SMILES string of the molecule is Cc1nccn1[C@@H]1CC[C@@H](NC(=O)CCc2nc3ccccc3[nH]2)[C@H]1O. The van der Waals surface area contributed by atoms with Gasteiger partial charge in [-0.25, -0.2) is 9.97 Å². The summed E-state index contributed by atoms with van der Waals surface area (Å²) < 4.78 is 1.99. The number of amides is 1. The van der Waals surface area contributed by atoms with Gasteiger partial charge in [0.2, 0.25) is 5.91 Å². The van der Waals surface area contributed by atoms with E-state index in [4.69, 9.17) is 0 Å². The number of H-pyrrole nitrogens is 1. The number of para-hydroxylation sites is 2. The van der Waals surface area contributed by atoms with E-state index in [2.05, 4.69) is 20.3 Å². The summed E-state index contributed by atoms with van der Waals surface area (Å²) in [6.07, 6.45) is 5.51. The summed E-state index contributed by atoms with van der Waals surface area (Å²) in [7, 11) is 0. The maximum absolute atomic E-state index is 12.3. The number of nitrogens with zero attached hydrogens (tertiary/aromatic N) is 3. The number of imidazole rings is 2. The fourth-order valence-corrected chi connectivity index (χ4v) is 3.79. The van der Waals surface area contributed by atoms with Crippen LogP contribution in [0.4, 0.5) is 0 Å². The molecule has 1 aliphatic carbocycles. The third kappa shape index (κ3) is 3.22. The lowest BCUT2D eigenvalue weighted by molar-refractivity contribution is -0.122. The Hall–Kier alpha value is -2.67. The van der Waals surface area contributed by atoms with Crippen LogP contribution >= 0.6 is 0 Å². The van der Waals surface area contributed by atoms with Crippen molar-refractivity contribution in [1.82, 2.24) is 24.8 Å². The van der Waals surface area contributed by atoms with Crippen LogP contribution in [0.3, 0.4) is 0 Å². The number of aromatic amines is 1. The van der Waals surface area contributed by atoms with Crippen LogP contribution in [0.1, 0.15) is 37.0 Å². The van der Waals surface area contributed by atoms with Crippen molar-refractivity contribution in [2.75, 3.05) is 0 Å². The predicted molar refractivity (Wildman–Crippen MR) is 97.6 cm³/mol. The number of nitrogens with one attached hydrogen (secondary N) is 2. The van der Waals surface area contributed by atoms with Gasteiger partial charge in [0.05, 0.1) is 29.2 Å². The molecule has 1 saturated carbocycles. The molecule has 0 spiro atoms. The van der Waals surface area contributed by atoms with Crippen molar-refractivity contribution in [2.24, 2.45) is 0 Å². The molecule has 1 aromatic carbocycles. The van der Waals surface area contributed by atoms with Crippen molar-refractivity contribution in [3.8, 4) is 0 Å². The summed E-state index contributed by atoms with van der Waals surface area (Å²) in [5, 5.41) is 13.6. The van der Waals surface area contributed by atoms with Gasteiger partial charge in [0.15, 0.2) is 0 Å². The maximum atomic E-state index is 12.3. The molecule has 4 rings (SSSR count). The molecular weight excluding hydrogens is 330 g/mol. The monoisotopic (exact) mass is 353 g/mol. The van der Waals surface area contributed by atoms with Crippen LogP contribution in [0.25, 0.3) is 11.0 Å². The molecule has 3 atom stereocenters. The zero-order valence-corrected chi connectivity index (χ0v) is 14.7. The number of aryl methyl sites for hydroxylation is 2. The Balaban J connectivity index is 1.33. The molecule has 0 aliphatic heterocycles. The number of hydrogen-bond acceptors (Lipinski definition) is 4. The number of aliphatic hydroxyl groups excluding tert-OH is 1. The predicted octanol–water partition coefficient (Wildman–Crippen LogP) is 1.88. The van der Waals surface area contributed by atoms with Crippen LogP contribution in [0, 0.1) is 6.92 Å². The Bertz CT molecular complexity index is 882. The third-order valence-corrected chi connectivity index (χ3v) is 5.17. The van der Waals surface area contributed by atoms with Crippen LogP contribution in [-0.2, 0) is 11.2 Å². The first-order valence-corrected chi connectivity index (χ1v) is 9.02. The van der Waals surface area contributed by atoms with Gasteiger partial charge in [0.25, 0.3) is 0 Å². The normalized spacial score (nSPS) is 22.8. The first kappa shape index (κ1) is 16.8. The smallest absolute Gasteiger partial charge is 0.220 e. The molecule has 0 saturated heterocycles. The molecule has 26 heavy (non-hydrogen) atoms. The van der Waals surface area contributed by atoms with Crippen LogP contribution in [-0.4, -0.2) is 42.7 Å². The molecule has 7 nitrogen and oxygen atoms in total. The number of fused-ring (bicyclic) bond motifs is 1. The van der Waals surface area contributed by atoms with Gasteiger partial charge in [-0.3, -0.25) is 4.79 Å². The molecule has 0 radical (unpaired) electrons. The fourth-order valence-electron chi connectivity index (χ4n) is 3.79. The van der Waals surface area contributed by atoms with Gasteiger partial charge >= 0.3 is 0 Å². The zero-order chi connectivity index (χ0) is 18.1. The minimum absolute atomic E-state index is 0.0295. The Kier molecular flexibility index (Phi) is 4.46. The summed E-state index contributed by atoms with van der Waals surface area (Å²) in [4.78, 5) is 24.3. The second kappa shape index (κ2) is 6.92. The van der Waals surface area contributed by atoms with E-state index >= 15 is 0 Å². The van der Waals surface area contributed by atoms with Crippen molar-refractivity contribution in [3.05, 3.63) is 48.3 Å². The average Bonchev–Trinajstić information content (AvgIpc) is 3.32. The maximum Gasteiger partial charge on any atom is 0.220 e. The van der Waals surface area contributed by atoms with Gasteiger partial charge in [-0.1, -0.05) is 12.1 Å². The number of rotatable bonds is 5. The second-order valence-corrected chi connectivity index (χ2v) is 6.89. The molecular formula is C19H23N5O2. The number of carbonyl (C=O) groups excluding carboxylic acids is 1. The highest BCUT2D eigenvalue weighted by atomic mass is 16.3. The van der Waals surface area contributed by atoms with Gasteiger partial charge in [0, 0.05) is 25.2 Å². The molecule has 136 valence electrons. The lowest BCUT2D eigenvalue weighted by atomic mass is 10.1.